The molecule has 18 heteroatoms. The Balaban J connectivity index is 0.000000339. The van der Waals surface area contributed by atoms with E-state index in [1.807, 2.05) is 110 Å². The molecule has 0 unspecified atom stereocenters. The van der Waals surface area contributed by atoms with E-state index >= 15 is 0 Å². The van der Waals surface area contributed by atoms with Gasteiger partial charge in [0.2, 0.25) is 0 Å². The number of hydrogen-bond donors (Lipinski definition) is 2. The monoisotopic (exact) mass is 1600 g/mol. The molecule has 0 aliphatic carbocycles. The summed E-state index contributed by atoms with van der Waals surface area (Å²) in [6, 6.07) is 63.8. The van der Waals surface area contributed by atoms with Crippen molar-refractivity contribution in [2.75, 3.05) is 110 Å². The van der Waals surface area contributed by atoms with Gasteiger partial charge in [0.25, 0.3) is 0 Å². The van der Waals surface area contributed by atoms with E-state index in [1.54, 1.807) is 72.5 Å². The van der Waals surface area contributed by atoms with Crippen LogP contribution in [-0.2, 0) is 28.4 Å². The van der Waals surface area contributed by atoms with E-state index in [0.717, 1.165) is 101 Å². The van der Waals surface area contributed by atoms with Gasteiger partial charge in [0.05, 0.1) is 35.7 Å². The molecule has 0 saturated carbocycles. The number of halogens is 1. The summed E-state index contributed by atoms with van der Waals surface area (Å²) in [5.41, 5.74) is 16.1. The lowest BCUT2D eigenvalue weighted by Crippen LogP contribution is -2.31. The van der Waals surface area contributed by atoms with Gasteiger partial charge >= 0.3 is 7.12 Å². The largest absolute Gasteiger partial charge is 0.497 e. The molecule has 2 N–H and O–H groups in total. The topological polar surface area (TPSA) is 160 Å². The predicted molar refractivity (Wildman–Crippen MR) is 477 cm³/mol. The summed E-state index contributed by atoms with van der Waals surface area (Å²) in [6.45, 7) is 39.6. The number of hydrogen-bond acceptors (Lipinski definition) is 15. The molecule has 3 heterocycles. The second-order valence-electron chi connectivity index (χ2n) is 28.7. The van der Waals surface area contributed by atoms with Gasteiger partial charge in [-0.1, -0.05) is 220 Å². The minimum atomic E-state index is -1.52. The summed E-state index contributed by atoms with van der Waals surface area (Å²) in [4.78, 5) is 0. The van der Waals surface area contributed by atoms with E-state index in [9.17, 15) is 0 Å². The maximum atomic E-state index is 8.94. The van der Waals surface area contributed by atoms with Crippen molar-refractivity contribution in [1.29, 1.82) is 0 Å². The van der Waals surface area contributed by atoms with Crippen LogP contribution in [0.1, 0.15) is 193 Å². The SMILES string of the molecule is C1CCOC1.C1CCOC1.C1CCOC1.CC(C)c1cccc(C(C)C)c1C(C)C.COCOc1ccccc1.COCOc1ccccc1-c1c(C(C)C)cccc1C(C)C.COCOc1ccccc1B(O)O.COc1cccc(C)c1.COc1cccc(C)c1C.COc1cccc(C)c1P(Cl)c1c(C)cccc1OC. The Morgan fingerprint density at radius 2 is 0.719 bits per heavy atom. The van der Waals surface area contributed by atoms with Gasteiger partial charge < -0.3 is 71.6 Å². The molecule has 3 saturated heterocycles. The fraction of sp³-hybridized carbons (Fsp3) is 0.438. The Morgan fingerprint density at radius 1 is 0.360 bits per heavy atom. The molecule has 15 nitrogen and oxygen atoms in total. The Morgan fingerprint density at radius 3 is 1.10 bits per heavy atom. The summed E-state index contributed by atoms with van der Waals surface area (Å²) in [7, 11) is 8.90. The standard InChI is InChI=1S/C20H26O2.C16H18ClO2P.C15H24.C9H12O.C8H11BO4.C8H10O2.C8H10O.3C4H8O/c1-14(2)16-10-8-11-17(15(3)4)20(16)18-9-6-7-12-19(18)22-13-21-5;1-11-7-5-9-13(18-3)15(11)20(17)16-12(2)8-6-10-14(16)19-4;1-10(2)13-8-7-9-14(11(3)4)15(13)12(5)6;1-7-5-4-6-9(10-3)8(7)2;1-12-6-13-8-5-3-2-4-7(8)9(10)11;1-9-7-10-8-5-3-2-4-6-8;1-7-4-3-5-8(6-7)9-2;3*1-2-4-5-3-1/h6-12,14-15H,13H2,1-5H3;5-10H,1-4H3;7-12H,1-6H3;4-6H,1-3H3;2-5,10-11H,6H2,1H3;2-6H,7H2,1H3;3-6H,1-2H3;3*1-4H2. The molecule has 12 rings (SSSR count). The fourth-order valence-corrected chi connectivity index (χ4v) is 15.1. The third-order valence-corrected chi connectivity index (χ3v) is 21.1. The summed E-state index contributed by atoms with van der Waals surface area (Å²) in [5, 5.41) is 20.0. The molecule has 0 radical (unpaired) electrons. The van der Waals surface area contributed by atoms with Crippen LogP contribution in [0.15, 0.2) is 194 Å². The molecule has 0 amide bonds. The maximum absolute atomic E-state index is 8.94. The molecule has 9 aromatic rings. The zero-order valence-corrected chi connectivity index (χ0v) is 74.2. The van der Waals surface area contributed by atoms with Crippen molar-refractivity contribution in [3.05, 3.63) is 250 Å². The third kappa shape index (κ3) is 36.9. The first-order chi connectivity index (χ1) is 54.9. The number of aryl methyl sites for hydroxylation is 4. The van der Waals surface area contributed by atoms with Crippen molar-refractivity contribution >= 4 is 41.7 Å². The number of methoxy groups -OCH3 is 7. The Labute approximate surface area is 692 Å². The van der Waals surface area contributed by atoms with Gasteiger partial charge in [-0.2, -0.15) is 0 Å². The van der Waals surface area contributed by atoms with Crippen LogP contribution in [0.2, 0.25) is 0 Å². The lowest BCUT2D eigenvalue weighted by molar-refractivity contribution is 0.0510. The highest BCUT2D eigenvalue weighted by atomic mass is 35.7. The molecule has 0 spiro atoms. The van der Waals surface area contributed by atoms with Gasteiger partial charge in [0.1, 0.15) is 40.2 Å². The molecule has 3 fully saturated rings. The number of benzene rings is 9. The highest BCUT2D eigenvalue weighted by Gasteiger charge is 2.24. The molecular weight excluding hydrogens is 1470 g/mol. The van der Waals surface area contributed by atoms with Crippen LogP contribution < -0.4 is 49.2 Å². The van der Waals surface area contributed by atoms with Crippen LogP contribution >= 0.6 is 18.5 Å². The van der Waals surface area contributed by atoms with E-state index in [-0.39, 0.29) is 13.6 Å². The number of ether oxygens (including phenoxy) is 13. The van der Waals surface area contributed by atoms with Crippen LogP contribution in [0.3, 0.4) is 0 Å². The Bertz CT molecular complexity index is 3860. The molecule has 0 bridgehead atoms. The van der Waals surface area contributed by atoms with Crippen molar-refractivity contribution in [1.82, 2.24) is 0 Å². The highest BCUT2D eigenvalue weighted by Crippen LogP contribution is 2.47. The second kappa shape index (κ2) is 58.8. The van der Waals surface area contributed by atoms with Crippen LogP contribution in [-0.4, -0.2) is 127 Å². The summed E-state index contributed by atoms with van der Waals surface area (Å²) < 4.78 is 66.4. The Kier molecular flexibility index (Phi) is 51.7. The van der Waals surface area contributed by atoms with E-state index < -0.39 is 14.4 Å². The molecule has 3 aliphatic rings. The van der Waals surface area contributed by atoms with E-state index in [1.165, 1.54) is 90.1 Å². The van der Waals surface area contributed by atoms with E-state index in [2.05, 4.69) is 164 Å². The van der Waals surface area contributed by atoms with Crippen LogP contribution in [0.4, 0.5) is 0 Å². The van der Waals surface area contributed by atoms with E-state index in [4.69, 9.17) is 82.9 Å². The molecule has 0 aromatic heterocycles. The summed E-state index contributed by atoms with van der Waals surface area (Å²) in [5.74, 6) is 8.49. The first kappa shape index (κ1) is 100. The van der Waals surface area contributed by atoms with Gasteiger partial charge in [-0.15, -0.1) is 0 Å². The third-order valence-electron chi connectivity index (χ3n) is 18.2. The zero-order valence-electron chi connectivity index (χ0n) is 72.6. The van der Waals surface area contributed by atoms with Gasteiger partial charge in [0.15, 0.2) is 20.4 Å². The van der Waals surface area contributed by atoms with Crippen molar-refractivity contribution in [2.45, 2.75) is 172 Å². The fourth-order valence-electron chi connectivity index (χ4n) is 12.1. The zero-order chi connectivity index (χ0) is 84.2. The van der Waals surface area contributed by atoms with E-state index in [0.29, 0.717) is 47.6 Å². The van der Waals surface area contributed by atoms with Gasteiger partial charge in [-0.25, -0.2) is 0 Å². The van der Waals surface area contributed by atoms with Gasteiger partial charge in [0, 0.05) is 82.6 Å². The van der Waals surface area contributed by atoms with Crippen LogP contribution in [0, 0.1) is 34.6 Å². The molecule has 9 aromatic carbocycles. The average molecular weight is 1610 g/mol. The van der Waals surface area contributed by atoms with Gasteiger partial charge in [-0.05, 0) is 219 Å². The number of para-hydroxylation sites is 3. The lowest BCUT2D eigenvalue weighted by atomic mass is 9.80. The van der Waals surface area contributed by atoms with Crippen molar-refractivity contribution in [2.24, 2.45) is 0 Å². The van der Waals surface area contributed by atoms with Crippen molar-refractivity contribution in [3.63, 3.8) is 0 Å². The van der Waals surface area contributed by atoms with Crippen LogP contribution in [0.25, 0.3) is 11.1 Å². The Hall–Kier alpha value is -7.96. The van der Waals surface area contributed by atoms with Gasteiger partial charge in [-0.3, -0.25) is 0 Å². The minimum Gasteiger partial charge on any atom is -0.497 e. The van der Waals surface area contributed by atoms with Crippen LogP contribution in [0.5, 0.6) is 40.2 Å². The first-order valence-electron chi connectivity index (χ1n) is 39.7. The maximum Gasteiger partial charge on any atom is 0.492 e. The van der Waals surface area contributed by atoms with Crippen molar-refractivity contribution < 1.29 is 71.6 Å². The summed E-state index contributed by atoms with van der Waals surface area (Å²) >= 11 is 6.81. The molecule has 114 heavy (non-hydrogen) atoms. The molecule has 3 aliphatic heterocycles. The quantitative estimate of drug-likeness (QED) is 0.0374. The number of rotatable bonds is 22. The molecular formula is C96H135BClO15P. The molecule has 624 valence electrons. The molecule has 0 atom stereocenters. The first-order valence-corrected chi connectivity index (χ1v) is 42.0. The lowest BCUT2D eigenvalue weighted by Gasteiger charge is -2.22. The normalized spacial score (nSPS) is 12.2. The highest BCUT2D eigenvalue weighted by molar-refractivity contribution is 7.96. The minimum absolute atomic E-state index is 0.0870. The smallest absolute Gasteiger partial charge is 0.492 e. The predicted octanol–water partition coefficient (Wildman–Crippen LogP) is 22.3. The summed E-state index contributed by atoms with van der Waals surface area (Å²) in [6.07, 6.45) is 7.67. The van der Waals surface area contributed by atoms with Crippen molar-refractivity contribution in [3.8, 4) is 51.4 Å². The second-order valence-corrected chi connectivity index (χ2v) is 31.2. The average Bonchev–Trinajstić information content (AvgIpc) is 1.18.